The lowest BCUT2D eigenvalue weighted by Gasteiger charge is -2.58. The van der Waals surface area contributed by atoms with E-state index in [1.54, 1.807) is 0 Å². The van der Waals surface area contributed by atoms with Crippen molar-refractivity contribution >= 4 is 90.0 Å². The Labute approximate surface area is 629 Å². The van der Waals surface area contributed by atoms with Crippen LogP contribution in [0.2, 0.25) is 0 Å². The SMILES string of the molecule is CC(C)CCC[C@@H](C)[C@H]1CC[C@H]2[C@@H]3CC=C4C[C@@H](OC(=O)CCN5C(=O)c6ccc7c8c(N9CCOCC9)cc9c%10c(ccc(c%11c(N%12CCOCC%12)cc(c6c7%11)C5=O)c%108)C(=O)N(CCC(=O)O[C@H]5CC[C@@]6(C)C(=CC[C@H]7[C@@H]8CC[C@H]([C@H](C)CCCC(C)C)[C@@]8(C)CC[C@@H]76)C5)C9=O)CC[C@]4(C)[C@H]3CC[C@]12C. The molecule has 14 nitrogen and oxygen atoms in total. The molecular weight excluding hydrogens is 1320 g/mol. The van der Waals surface area contributed by atoms with Crippen molar-refractivity contribution in [1.82, 2.24) is 9.80 Å². The number of hydrogen-bond acceptors (Lipinski definition) is 12. The Hall–Kier alpha value is -6.38. The van der Waals surface area contributed by atoms with Gasteiger partial charge in [-0.05, 0) is 218 Å². The summed E-state index contributed by atoms with van der Waals surface area (Å²) in [7, 11) is 0. The van der Waals surface area contributed by atoms with E-state index in [0.717, 1.165) is 142 Å². The van der Waals surface area contributed by atoms with Crippen molar-refractivity contribution in [2.24, 2.45) is 92.7 Å². The number of esters is 2. The number of hydrogen-bond donors (Lipinski definition) is 0. The van der Waals surface area contributed by atoms with Crippen LogP contribution in [-0.2, 0) is 28.5 Å². The van der Waals surface area contributed by atoms with Crippen LogP contribution in [0.3, 0.4) is 0 Å². The van der Waals surface area contributed by atoms with Crippen LogP contribution in [0.4, 0.5) is 11.4 Å². The van der Waals surface area contributed by atoms with Gasteiger partial charge in [0.25, 0.3) is 23.6 Å². The first-order valence-corrected chi connectivity index (χ1v) is 42.4. The fourth-order valence-corrected chi connectivity index (χ4v) is 26.4. The zero-order chi connectivity index (χ0) is 73.6. The monoisotopic (exact) mass is 1440 g/mol. The van der Waals surface area contributed by atoms with E-state index in [4.69, 9.17) is 18.9 Å². The molecule has 4 heterocycles. The molecule has 2 saturated heterocycles. The van der Waals surface area contributed by atoms with Gasteiger partial charge in [-0.15, -0.1) is 0 Å². The lowest BCUT2D eigenvalue weighted by Crippen LogP contribution is -2.51. The number of rotatable bonds is 20. The highest BCUT2D eigenvalue weighted by Crippen LogP contribution is 2.70. The number of benzene rings is 5. The van der Waals surface area contributed by atoms with Crippen molar-refractivity contribution < 1.29 is 47.7 Å². The highest BCUT2D eigenvalue weighted by molar-refractivity contribution is 6.44. The maximum absolute atomic E-state index is 15.4. The number of morpholine rings is 2. The largest absolute Gasteiger partial charge is 0.462 e. The lowest BCUT2D eigenvalue weighted by molar-refractivity contribution is -0.152. The van der Waals surface area contributed by atoms with Gasteiger partial charge in [-0.25, -0.2) is 0 Å². The molecule has 568 valence electrons. The van der Waals surface area contributed by atoms with Crippen molar-refractivity contribution in [3.05, 3.63) is 82.0 Å². The first-order valence-electron chi connectivity index (χ1n) is 42.4. The molecule has 4 aliphatic heterocycles. The van der Waals surface area contributed by atoms with Gasteiger partial charge in [-0.3, -0.25) is 38.6 Å². The highest BCUT2D eigenvalue weighted by Gasteiger charge is 2.62. The van der Waals surface area contributed by atoms with Gasteiger partial charge in [-0.1, -0.05) is 143 Å². The molecule has 5 aromatic carbocycles. The van der Waals surface area contributed by atoms with Crippen LogP contribution in [0.1, 0.15) is 265 Å². The number of amides is 4. The summed E-state index contributed by atoms with van der Waals surface area (Å²) in [5, 5.41) is 5.92. The molecule has 0 N–H and O–H groups in total. The molecule has 0 unspecified atom stereocenters. The molecule has 8 aliphatic carbocycles. The van der Waals surface area contributed by atoms with Crippen LogP contribution >= 0.6 is 0 Å². The minimum absolute atomic E-state index is 0.106. The maximum atomic E-state index is 15.4. The number of allylic oxidation sites excluding steroid dienone is 2. The van der Waals surface area contributed by atoms with Gasteiger partial charge in [0.2, 0.25) is 0 Å². The predicted molar refractivity (Wildman–Crippen MR) is 420 cm³/mol. The third-order valence-electron chi connectivity index (χ3n) is 31.9. The average Bonchev–Trinajstić information content (AvgIpc) is 0.852. The number of fused-ring (bicyclic) bond motifs is 12. The molecular formula is C92H120N4O10. The third kappa shape index (κ3) is 11.8. The molecule has 0 spiro atoms. The van der Waals surface area contributed by atoms with Gasteiger partial charge >= 0.3 is 11.9 Å². The lowest BCUT2D eigenvalue weighted by atomic mass is 9.47. The second kappa shape index (κ2) is 27.9. The summed E-state index contributed by atoms with van der Waals surface area (Å²) in [6.45, 7) is 28.7. The summed E-state index contributed by atoms with van der Waals surface area (Å²) >= 11 is 0. The first-order chi connectivity index (χ1) is 51.0. The fraction of sp³-hybridized carbons (Fsp3) is 0.674. The van der Waals surface area contributed by atoms with Gasteiger partial charge in [-0.2, -0.15) is 0 Å². The van der Waals surface area contributed by atoms with Crippen molar-refractivity contribution in [1.29, 1.82) is 0 Å². The van der Waals surface area contributed by atoms with Crippen LogP contribution in [-0.4, -0.2) is 123 Å². The fourth-order valence-electron chi connectivity index (χ4n) is 26.4. The van der Waals surface area contributed by atoms with Crippen LogP contribution < -0.4 is 9.80 Å². The molecule has 5 aromatic rings. The number of ether oxygens (including phenoxy) is 4. The topological polar surface area (TPSA) is 152 Å². The van der Waals surface area contributed by atoms with Crippen molar-refractivity contribution in [3.63, 3.8) is 0 Å². The molecule has 6 saturated carbocycles. The van der Waals surface area contributed by atoms with Gasteiger partial charge in [0, 0.05) is 107 Å². The molecule has 14 heteroatoms. The van der Waals surface area contributed by atoms with E-state index < -0.39 is 35.6 Å². The van der Waals surface area contributed by atoms with E-state index in [2.05, 4.69) is 91.2 Å². The Morgan fingerprint density at radius 3 is 1.25 bits per heavy atom. The highest BCUT2D eigenvalue weighted by atomic mass is 16.5. The van der Waals surface area contributed by atoms with E-state index >= 15 is 19.2 Å². The van der Waals surface area contributed by atoms with Gasteiger partial charge in [0.1, 0.15) is 12.2 Å². The number of nitrogens with zero attached hydrogens (tertiary/aromatic N) is 4. The van der Waals surface area contributed by atoms with Crippen LogP contribution in [0, 0.1) is 92.7 Å². The van der Waals surface area contributed by atoms with Gasteiger partial charge < -0.3 is 28.7 Å². The molecule has 106 heavy (non-hydrogen) atoms. The number of anilines is 2. The molecule has 0 radical (unpaired) electrons. The minimum atomic E-state index is -0.456. The smallest absolute Gasteiger partial charge is 0.307 e. The standard InChI is InChI=1S/C92H120N4O10/c1-53(2)13-11-15-55(5)69-25-27-71-61-19-17-57-49-59(29-35-89(57,7)73(61)31-37-91(69,71)9)105-77(97)33-39-95-85(99)65-23-21-63-82-76(94-43-47-104-48-44-94)52-68-80-66(24-22-64(84(80)82)81-75(93-41-45-103-46-42-93)51-67(87(95)101)79(65)83(63)81)86(100)96(88(68)102)40-34-78(98)106-60-30-36-90(8)58(50-60)18-20-62-72-28-26-70(56(6)16-12-14-54(3)4)92(72,10)38-32-74(62)90/h17-18,21-24,51-56,59-62,69-74H,11-16,19-20,25-50H2,1-10H3/t55-,56-,59+,60+,61+,62+,69-,70-,71+,72+,73+,74+,89+,90+,91-,92-/m1/s1. The first kappa shape index (κ1) is 72.5. The van der Waals surface area contributed by atoms with Crippen molar-refractivity contribution in [2.75, 3.05) is 75.5 Å². The zero-order valence-corrected chi connectivity index (χ0v) is 65.6. The number of carbonyl (C=O) groups is 6. The summed E-state index contributed by atoms with van der Waals surface area (Å²) in [5.74, 6) is 6.36. The molecule has 8 fully saturated rings. The third-order valence-corrected chi connectivity index (χ3v) is 31.9. The van der Waals surface area contributed by atoms with Gasteiger partial charge in [0.05, 0.1) is 50.4 Å². The zero-order valence-electron chi connectivity index (χ0n) is 65.6. The second-order valence-corrected chi connectivity index (χ2v) is 38.0. The maximum Gasteiger partial charge on any atom is 0.307 e. The molecule has 4 amide bonds. The van der Waals surface area contributed by atoms with E-state index in [1.165, 1.54) is 111 Å². The minimum Gasteiger partial charge on any atom is -0.462 e. The van der Waals surface area contributed by atoms with E-state index in [1.807, 2.05) is 36.4 Å². The van der Waals surface area contributed by atoms with E-state index in [0.29, 0.717) is 120 Å². The van der Waals surface area contributed by atoms with E-state index in [9.17, 15) is 9.59 Å². The predicted octanol–water partition coefficient (Wildman–Crippen LogP) is 19.3. The summed E-state index contributed by atoms with van der Waals surface area (Å²) in [6, 6.07) is 11.5. The summed E-state index contributed by atoms with van der Waals surface area (Å²) < 4.78 is 24.7. The van der Waals surface area contributed by atoms with Crippen molar-refractivity contribution in [3.8, 4) is 0 Å². The Bertz CT molecular complexity index is 4130. The molecule has 16 atom stereocenters. The van der Waals surface area contributed by atoms with Crippen molar-refractivity contribution in [2.45, 2.75) is 236 Å². The quantitative estimate of drug-likeness (QED) is 0.0240. The Balaban J connectivity index is 0.604. The Kier molecular flexibility index (Phi) is 19.1. The molecule has 17 rings (SSSR count). The Morgan fingerprint density at radius 1 is 0.462 bits per heavy atom. The van der Waals surface area contributed by atoms with E-state index in [-0.39, 0.29) is 49.0 Å². The van der Waals surface area contributed by atoms with Crippen LogP contribution in [0.15, 0.2) is 59.7 Å². The average molecular weight is 1440 g/mol. The normalized spacial score (nSPS) is 33.4. The molecule has 0 aromatic heterocycles. The summed E-state index contributed by atoms with van der Waals surface area (Å²) in [5.41, 5.74) is 7.11. The Morgan fingerprint density at radius 2 is 0.858 bits per heavy atom. The summed E-state index contributed by atoms with van der Waals surface area (Å²) in [4.78, 5) is 96.7. The number of carbonyl (C=O) groups excluding carboxylic acids is 6. The number of imide groups is 2. The summed E-state index contributed by atoms with van der Waals surface area (Å²) in [6.07, 6.45) is 30.4. The second-order valence-electron chi connectivity index (χ2n) is 38.0. The van der Waals surface area contributed by atoms with Crippen LogP contribution in [0.5, 0.6) is 0 Å². The van der Waals surface area contributed by atoms with Crippen LogP contribution in [0.25, 0.3) is 43.1 Å². The molecule has 0 bridgehead atoms. The molecule has 12 aliphatic rings. The van der Waals surface area contributed by atoms with Gasteiger partial charge in [0.15, 0.2) is 0 Å².